The van der Waals surface area contributed by atoms with Crippen LogP contribution in [0.3, 0.4) is 0 Å². The summed E-state index contributed by atoms with van der Waals surface area (Å²) in [5.74, 6) is -1.96. The van der Waals surface area contributed by atoms with Gasteiger partial charge in [0.25, 0.3) is 6.29 Å². The Kier molecular flexibility index (Phi) is 73.7. The minimum absolute atomic E-state index is 0.172. The van der Waals surface area contributed by atoms with Gasteiger partial charge in [-0.15, -0.1) is 0 Å². The highest BCUT2D eigenvalue weighted by Crippen LogP contribution is 2.21. The maximum Gasteiger partial charge on any atom is 0.361 e. The molecule has 1 N–H and O–H groups in total. The molecule has 0 fully saturated rings. The molecule has 0 radical (unpaired) electrons. The van der Waals surface area contributed by atoms with Crippen LogP contribution in [0.2, 0.25) is 0 Å². The van der Waals surface area contributed by atoms with E-state index in [1.54, 1.807) is 0 Å². The SMILES string of the molecule is CCCCCCCCCCCCCCCCCCCCCCCCCCCCCCCCCCCCCCC(=O)OC(COC(=O)CCCCCCCCCCCCCCCCCCCCCCCCCCCCCCCCC)COC(OCC[N+](C)(C)C)C(=O)O. The predicted molar refractivity (Wildman–Crippen MR) is 397 cm³/mol. The number of hydrogen-bond acceptors (Lipinski definition) is 7. The standard InChI is InChI=1S/C83H163NO8/c1-6-8-10-12-14-16-18-20-22-24-26-28-30-32-34-36-38-39-40-41-42-44-46-48-50-52-54-56-58-60-62-64-66-68-70-72-74-81(86)92-79(78-91-83(82(87)88)89-76-75-84(3,4)5)77-90-80(85)73-71-69-67-65-63-61-59-57-55-53-51-49-47-45-43-37-35-33-31-29-27-25-23-21-19-17-15-13-11-9-7-2/h79,83H,6-78H2,1-5H3/p+1. The van der Waals surface area contributed by atoms with Crippen LogP contribution in [0.4, 0.5) is 0 Å². The van der Waals surface area contributed by atoms with E-state index in [0.29, 0.717) is 17.4 Å². The van der Waals surface area contributed by atoms with E-state index in [1.807, 2.05) is 21.1 Å². The Balaban J connectivity index is 3.92. The van der Waals surface area contributed by atoms with E-state index in [9.17, 15) is 19.5 Å². The first-order valence-corrected chi connectivity index (χ1v) is 41.7. The maximum atomic E-state index is 13.0. The van der Waals surface area contributed by atoms with Crippen molar-refractivity contribution in [2.75, 3.05) is 47.5 Å². The van der Waals surface area contributed by atoms with Crippen LogP contribution in [-0.4, -0.2) is 87.4 Å². The molecule has 2 unspecified atom stereocenters. The lowest BCUT2D eigenvalue weighted by molar-refractivity contribution is -0.870. The number of carbonyl (C=O) groups excluding carboxylic acids is 2. The Bertz CT molecular complexity index is 1470. The van der Waals surface area contributed by atoms with Gasteiger partial charge in [-0.05, 0) is 12.8 Å². The van der Waals surface area contributed by atoms with Gasteiger partial charge in [-0.3, -0.25) is 9.59 Å². The number of hydrogen-bond donors (Lipinski definition) is 1. The Morgan fingerprint density at radius 2 is 0.489 bits per heavy atom. The van der Waals surface area contributed by atoms with Crippen molar-refractivity contribution in [2.45, 2.75) is 469 Å². The number of likely N-dealkylation sites (N-methyl/N-ethyl adjacent to an activating group) is 1. The molecular formula is C83H164NO8+. The molecule has 0 aromatic carbocycles. The zero-order valence-electron chi connectivity index (χ0n) is 63.0. The first-order valence-electron chi connectivity index (χ1n) is 41.7. The Morgan fingerprint density at radius 3 is 0.696 bits per heavy atom. The molecule has 0 spiro atoms. The summed E-state index contributed by atoms with van der Waals surface area (Å²) >= 11 is 0. The van der Waals surface area contributed by atoms with Gasteiger partial charge in [0, 0.05) is 12.8 Å². The Morgan fingerprint density at radius 1 is 0.283 bits per heavy atom. The van der Waals surface area contributed by atoms with Gasteiger partial charge in [0.05, 0.1) is 34.4 Å². The molecule has 9 nitrogen and oxygen atoms in total. The summed E-state index contributed by atoms with van der Waals surface area (Å²) in [6.45, 7) is 4.99. The average Bonchev–Trinajstić information content (AvgIpc) is 3.53. The van der Waals surface area contributed by atoms with Crippen LogP contribution in [0.1, 0.15) is 457 Å². The number of ether oxygens (including phenoxy) is 4. The van der Waals surface area contributed by atoms with Crippen molar-refractivity contribution in [3.8, 4) is 0 Å². The van der Waals surface area contributed by atoms with Crippen molar-refractivity contribution >= 4 is 17.9 Å². The van der Waals surface area contributed by atoms with Gasteiger partial charge in [-0.25, -0.2) is 4.79 Å². The lowest BCUT2D eigenvalue weighted by Gasteiger charge is -2.25. The van der Waals surface area contributed by atoms with Crippen molar-refractivity contribution in [1.82, 2.24) is 0 Å². The minimum atomic E-state index is -1.51. The minimum Gasteiger partial charge on any atom is -0.477 e. The second kappa shape index (κ2) is 75.1. The van der Waals surface area contributed by atoms with E-state index in [2.05, 4.69) is 13.8 Å². The largest absolute Gasteiger partial charge is 0.477 e. The fraction of sp³-hybridized carbons (Fsp3) is 0.964. The summed E-state index contributed by atoms with van der Waals surface area (Å²) in [6.07, 6.45) is 90.0. The van der Waals surface area contributed by atoms with Crippen LogP contribution < -0.4 is 0 Å². The van der Waals surface area contributed by atoms with Crippen LogP contribution in [0.15, 0.2) is 0 Å². The van der Waals surface area contributed by atoms with E-state index in [-0.39, 0.29) is 38.2 Å². The number of unbranched alkanes of at least 4 members (excludes halogenated alkanes) is 65. The third-order valence-corrected chi connectivity index (χ3v) is 19.6. The molecule has 0 saturated carbocycles. The van der Waals surface area contributed by atoms with Gasteiger partial charge in [0.15, 0.2) is 6.10 Å². The van der Waals surface area contributed by atoms with Gasteiger partial charge in [-0.1, -0.05) is 431 Å². The summed E-state index contributed by atoms with van der Waals surface area (Å²) in [5.41, 5.74) is 0. The molecule has 0 rings (SSSR count). The normalized spacial score (nSPS) is 12.5. The number of esters is 2. The second-order valence-corrected chi connectivity index (χ2v) is 30.2. The van der Waals surface area contributed by atoms with Crippen molar-refractivity contribution in [3.63, 3.8) is 0 Å². The van der Waals surface area contributed by atoms with Crippen LogP contribution in [0, 0.1) is 0 Å². The van der Waals surface area contributed by atoms with Crippen molar-refractivity contribution in [2.24, 2.45) is 0 Å². The Labute approximate surface area is 574 Å². The highest BCUT2D eigenvalue weighted by atomic mass is 16.7. The smallest absolute Gasteiger partial charge is 0.361 e. The molecule has 92 heavy (non-hydrogen) atoms. The van der Waals surface area contributed by atoms with Gasteiger partial charge >= 0.3 is 17.9 Å². The van der Waals surface area contributed by atoms with E-state index >= 15 is 0 Å². The lowest BCUT2D eigenvalue weighted by atomic mass is 10.0. The number of rotatable bonds is 80. The van der Waals surface area contributed by atoms with Crippen LogP contribution in [0.25, 0.3) is 0 Å². The molecular weight excluding hydrogens is 1140 g/mol. The van der Waals surface area contributed by atoms with Crippen molar-refractivity contribution in [3.05, 3.63) is 0 Å². The third kappa shape index (κ3) is 75.7. The molecule has 0 saturated heterocycles. The van der Waals surface area contributed by atoms with E-state index in [0.717, 1.165) is 38.5 Å². The fourth-order valence-corrected chi connectivity index (χ4v) is 13.3. The molecule has 9 heteroatoms. The molecule has 0 heterocycles. The number of carboxylic acids is 1. The molecule has 0 aliphatic heterocycles. The van der Waals surface area contributed by atoms with Crippen LogP contribution in [0.5, 0.6) is 0 Å². The quantitative estimate of drug-likeness (QED) is 0.0278. The molecule has 0 aliphatic rings. The highest BCUT2D eigenvalue weighted by Gasteiger charge is 2.25. The number of carboxylic acid groups (broad SMARTS) is 1. The second-order valence-electron chi connectivity index (χ2n) is 30.2. The van der Waals surface area contributed by atoms with E-state index in [4.69, 9.17) is 18.9 Å². The molecule has 2 atom stereocenters. The monoisotopic (exact) mass is 1300 g/mol. The fourth-order valence-electron chi connectivity index (χ4n) is 13.3. The number of aliphatic carboxylic acids is 1. The van der Waals surface area contributed by atoms with Gasteiger partial charge in [0.2, 0.25) is 0 Å². The topological polar surface area (TPSA) is 108 Å². The zero-order chi connectivity index (χ0) is 66.8. The van der Waals surface area contributed by atoms with E-state index in [1.165, 1.54) is 392 Å². The van der Waals surface area contributed by atoms with Gasteiger partial charge < -0.3 is 28.5 Å². The highest BCUT2D eigenvalue weighted by molar-refractivity contribution is 5.71. The lowest BCUT2D eigenvalue weighted by Crippen LogP contribution is -2.40. The molecule has 0 bridgehead atoms. The molecule has 0 aromatic heterocycles. The van der Waals surface area contributed by atoms with Crippen LogP contribution >= 0.6 is 0 Å². The molecule has 0 amide bonds. The summed E-state index contributed by atoms with van der Waals surface area (Å²) in [5, 5.41) is 9.78. The summed E-state index contributed by atoms with van der Waals surface area (Å²) in [6, 6.07) is 0. The first kappa shape index (κ1) is 90.3. The first-order chi connectivity index (χ1) is 45.1. The van der Waals surface area contributed by atoms with Gasteiger partial charge in [0.1, 0.15) is 13.2 Å². The number of carbonyl (C=O) groups is 3. The average molecular weight is 1300 g/mol. The summed E-state index contributed by atoms with van der Waals surface area (Å²) in [7, 11) is 6.01. The molecule has 548 valence electrons. The van der Waals surface area contributed by atoms with Crippen LogP contribution in [-0.2, 0) is 33.3 Å². The zero-order valence-corrected chi connectivity index (χ0v) is 63.0. The predicted octanol–water partition coefficient (Wildman–Crippen LogP) is 26.5. The number of nitrogens with zero attached hydrogens (tertiary/aromatic N) is 1. The molecule has 0 aliphatic carbocycles. The third-order valence-electron chi connectivity index (χ3n) is 19.6. The number of quaternary nitrogens is 1. The van der Waals surface area contributed by atoms with Crippen molar-refractivity contribution in [1.29, 1.82) is 0 Å². The van der Waals surface area contributed by atoms with Gasteiger partial charge in [-0.2, -0.15) is 0 Å². The molecule has 0 aromatic rings. The summed E-state index contributed by atoms with van der Waals surface area (Å²) in [4.78, 5) is 37.7. The summed E-state index contributed by atoms with van der Waals surface area (Å²) < 4.78 is 23.1. The Hall–Kier alpha value is -1.71. The van der Waals surface area contributed by atoms with E-state index < -0.39 is 18.4 Å². The maximum absolute atomic E-state index is 13.0. The van der Waals surface area contributed by atoms with Crippen molar-refractivity contribution < 1.29 is 42.9 Å².